The third kappa shape index (κ3) is 1.54. The standard InChI is InChI=1S/C10H8S2/c11-9-4-1-3-8(7-9)10-5-2-6-12-10/h1-3,5-7H,4H2. The minimum absolute atomic E-state index is 0.921. The highest BCUT2D eigenvalue weighted by Gasteiger charge is 2.03. The summed E-state index contributed by atoms with van der Waals surface area (Å²) in [6.07, 6.45) is 7.27. The van der Waals surface area contributed by atoms with Crippen molar-refractivity contribution in [3.05, 3.63) is 40.6 Å². The number of hydrogen-bond donors (Lipinski definition) is 0. The van der Waals surface area contributed by atoms with E-state index in [1.54, 1.807) is 11.3 Å². The predicted molar refractivity (Wildman–Crippen MR) is 58.7 cm³/mol. The molecule has 1 heterocycles. The van der Waals surface area contributed by atoms with Crippen molar-refractivity contribution in [1.29, 1.82) is 0 Å². The van der Waals surface area contributed by atoms with Gasteiger partial charge in [-0.15, -0.1) is 11.3 Å². The molecule has 0 saturated carbocycles. The van der Waals surface area contributed by atoms with Gasteiger partial charge in [0.2, 0.25) is 0 Å². The number of allylic oxidation sites excluding steroid dienone is 4. The molecule has 0 aromatic carbocycles. The molecule has 0 spiro atoms. The zero-order valence-electron chi connectivity index (χ0n) is 6.49. The highest BCUT2D eigenvalue weighted by Crippen LogP contribution is 2.24. The van der Waals surface area contributed by atoms with Crippen LogP contribution in [0.5, 0.6) is 0 Å². The summed E-state index contributed by atoms with van der Waals surface area (Å²) in [6.45, 7) is 0. The van der Waals surface area contributed by atoms with E-state index in [0.29, 0.717) is 0 Å². The van der Waals surface area contributed by atoms with Crippen LogP contribution >= 0.6 is 23.6 Å². The van der Waals surface area contributed by atoms with Crippen LogP contribution in [0.4, 0.5) is 0 Å². The average Bonchev–Trinajstić information content (AvgIpc) is 2.56. The van der Waals surface area contributed by atoms with Gasteiger partial charge in [-0.2, -0.15) is 0 Å². The Morgan fingerprint density at radius 2 is 2.33 bits per heavy atom. The summed E-state index contributed by atoms with van der Waals surface area (Å²) in [6, 6.07) is 4.18. The molecule has 12 heavy (non-hydrogen) atoms. The highest BCUT2D eigenvalue weighted by atomic mass is 32.1. The van der Waals surface area contributed by atoms with Crippen LogP contribution in [0.25, 0.3) is 5.57 Å². The number of thiocarbonyl (C=S) groups is 1. The van der Waals surface area contributed by atoms with E-state index < -0.39 is 0 Å². The lowest BCUT2D eigenvalue weighted by molar-refractivity contribution is 1.51. The van der Waals surface area contributed by atoms with E-state index in [1.807, 2.05) is 0 Å². The molecule has 1 aliphatic rings. The van der Waals surface area contributed by atoms with Crippen molar-refractivity contribution >= 4 is 34.0 Å². The maximum atomic E-state index is 5.13. The van der Waals surface area contributed by atoms with E-state index in [0.717, 1.165) is 11.3 Å². The molecule has 1 aromatic rings. The van der Waals surface area contributed by atoms with Crippen molar-refractivity contribution in [1.82, 2.24) is 0 Å². The molecule has 0 bridgehead atoms. The summed E-state index contributed by atoms with van der Waals surface area (Å²) in [7, 11) is 0. The molecule has 0 nitrogen and oxygen atoms in total. The first-order valence-electron chi connectivity index (χ1n) is 3.81. The molecule has 2 rings (SSSR count). The fraction of sp³-hybridized carbons (Fsp3) is 0.100. The van der Waals surface area contributed by atoms with Gasteiger partial charge in [-0.1, -0.05) is 30.4 Å². The lowest BCUT2D eigenvalue weighted by atomic mass is 10.1. The van der Waals surface area contributed by atoms with Gasteiger partial charge in [-0.25, -0.2) is 0 Å². The topological polar surface area (TPSA) is 0 Å². The van der Waals surface area contributed by atoms with Crippen LogP contribution in [0.3, 0.4) is 0 Å². The van der Waals surface area contributed by atoms with Crippen molar-refractivity contribution < 1.29 is 0 Å². The Balaban J connectivity index is 2.36. The van der Waals surface area contributed by atoms with Crippen LogP contribution in [0.15, 0.2) is 35.7 Å². The van der Waals surface area contributed by atoms with Crippen molar-refractivity contribution in [2.45, 2.75) is 6.42 Å². The summed E-state index contributed by atoms with van der Waals surface area (Å²) in [4.78, 5) is 2.33. The number of rotatable bonds is 1. The zero-order chi connectivity index (χ0) is 8.39. The second-order valence-corrected chi connectivity index (χ2v) is 4.12. The molecular weight excluding hydrogens is 184 g/mol. The summed E-state index contributed by atoms with van der Waals surface area (Å²) in [5.41, 5.74) is 1.25. The van der Waals surface area contributed by atoms with Gasteiger partial charge in [0.1, 0.15) is 0 Å². The molecule has 1 aromatic heterocycles. The summed E-state index contributed by atoms with van der Waals surface area (Å²) < 4.78 is 0. The molecular formula is C10H8S2. The molecule has 0 fully saturated rings. The van der Waals surface area contributed by atoms with Gasteiger partial charge in [0, 0.05) is 16.2 Å². The fourth-order valence-electron chi connectivity index (χ4n) is 1.18. The third-order valence-corrected chi connectivity index (χ3v) is 2.94. The van der Waals surface area contributed by atoms with Crippen LogP contribution in [0.1, 0.15) is 11.3 Å². The van der Waals surface area contributed by atoms with E-state index in [2.05, 4.69) is 35.7 Å². The number of thiophene rings is 1. The average molecular weight is 192 g/mol. The van der Waals surface area contributed by atoms with Crippen molar-refractivity contribution in [3.63, 3.8) is 0 Å². The molecule has 0 aliphatic heterocycles. The largest absolute Gasteiger partial charge is 0.144 e. The Labute approximate surface area is 81.2 Å². The van der Waals surface area contributed by atoms with Crippen LogP contribution in [-0.2, 0) is 0 Å². The van der Waals surface area contributed by atoms with E-state index in [-0.39, 0.29) is 0 Å². The van der Waals surface area contributed by atoms with Crippen LogP contribution in [0, 0.1) is 0 Å². The molecule has 0 radical (unpaired) electrons. The van der Waals surface area contributed by atoms with Crippen molar-refractivity contribution in [2.75, 3.05) is 0 Å². The zero-order valence-corrected chi connectivity index (χ0v) is 8.12. The second kappa shape index (κ2) is 3.33. The quantitative estimate of drug-likeness (QED) is 0.614. The third-order valence-electron chi connectivity index (χ3n) is 1.74. The van der Waals surface area contributed by atoms with Crippen LogP contribution in [-0.4, -0.2) is 4.86 Å². The molecule has 0 atom stereocenters. The SMILES string of the molecule is S=C1C=C(c2cccs2)C=CC1. The van der Waals surface area contributed by atoms with E-state index in [9.17, 15) is 0 Å². The van der Waals surface area contributed by atoms with Gasteiger partial charge in [0.05, 0.1) is 0 Å². The normalized spacial score (nSPS) is 16.3. The maximum absolute atomic E-state index is 5.13. The lowest BCUT2D eigenvalue weighted by Crippen LogP contribution is -1.92. The van der Waals surface area contributed by atoms with Gasteiger partial charge in [-0.05, 0) is 23.1 Å². The van der Waals surface area contributed by atoms with Gasteiger partial charge < -0.3 is 0 Å². The fourth-order valence-corrected chi connectivity index (χ4v) is 2.13. The number of hydrogen-bond acceptors (Lipinski definition) is 2. The lowest BCUT2D eigenvalue weighted by Gasteiger charge is -2.04. The molecule has 0 unspecified atom stereocenters. The molecule has 2 heteroatoms. The van der Waals surface area contributed by atoms with Crippen LogP contribution < -0.4 is 0 Å². The van der Waals surface area contributed by atoms with Gasteiger partial charge >= 0.3 is 0 Å². The predicted octanol–water partition coefficient (Wildman–Crippen LogP) is 3.46. The van der Waals surface area contributed by atoms with Gasteiger partial charge in [-0.3, -0.25) is 0 Å². The highest BCUT2D eigenvalue weighted by molar-refractivity contribution is 7.80. The first-order chi connectivity index (χ1) is 5.86. The Morgan fingerprint density at radius 1 is 1.42 bits per heavy atom. The Hall–Kier alpha value is -0.730. The van der Waals surface area contributed by atoms with E-state index in [4.69, 9.17) is 12.2 Å². The first kappa shape index (κ1) is 7.90. The smallest absolute Gasteiger partial charge is 0.0342 e. The van der Waals surface area contributed by atoms with Gasteiger partial charge in [0.15, 0.2) is 0 Å². The summed E-state index contributed by atoms with van der Waals surface area (Å²) in [5, 5.41) is 2.08. The minimum Gasteiger partial charge on any atom is -0.144 e. The Morgan fingerprint density at radius 3 is 3.00 bits per heavy atom. The Bertz CT molecular complexity index is 342. The molecule has 60 valence electrons. The Kier molecular flexibility index (Phi) is 2.19. The van der Waals surface area contributed by atoms with Gasteiger partial charge in [0.25, 0.3) is 0 Å². The second-order valence-electron chi connectivity index (χ2n) is 2.65. The summed E-state index contributed by atoms with van der Waals surface area (Å²) in [5.74, 6) is 0. The molecule has 1 aliphatic carbocycles. The minimum atomic E-state index is 0.921. The monoisotopic (exact) mass is 192 g/mol. The molecule has 0 N–H and O–H groups in total. The van der Waals surface area contributed by atoms with Crippen molar-refractivity contribution in [3.8, 4) is 0 Å². The molecule has 0 amide bonds. The first-order valence-corrected chi connectivity index (χ1v) is 5.10. The van der Waals surface area contributed by atoms with E-state index >= 15 is 0 Å². The van der Waals surface area contributed by atoms with Crippen LogP contribution in [0.2, 0.25) is 0 Å². The summed E-state index contributed by atoms with van der Waals surface area (Å²) >= 11 is 6.89. The van der Waals surface area contributed by atoms with Crippen molar-refractivity contribution in [2.24, 2.45) is 0 Å². The maximum Gasteiger partial charge on any atom is 0.0342 e. The molecule has 0 saturated heterocycles. The van der Waals surface area contributed by atoms with E-state index in [1.165, 1.54) is 10.5 Å².